The van der Waals surface area contributed by atoms with Crippen molar-refractivity contribution in [2.75, 3.05) is 0 Å². The first-order chi connectivity index (χ1) is 8.58. The number of phenolic OH excluding ortho intramolecular Hbond substituents is 1. The van der Waals surface area contributed by atoms with E-state index in [9.17, 15) is 9.90 Å². The van der Waals surface area contributed by atoms with Crippen LogP contribution in [-0.4, -0.2) is 15.6 Å². The number of aryl methyl sites for hydroxylation is 2. The van der Waals surface area contributed by atoms with Crippen LogP contribution in [0.15, 0.2) is 36.5 Å². The van der Waals surface area contributed by atoms with E-state index in [0.29, 0.717) is 12.1 Å². The van der Waals surface area contributed by atoms with Crippen molar-refractivity contribution in [3.8, 4) is 5.75 Å². The van der Waals surface area contributed by atoms with Crippen LogP contribution in [0.3, 0.4) is 0 Å². The molecule has 0 fully saturated rings. The van der Waals surface area contributed by atoms with Crippen molar-refractivity contribution in [1.29, 1.82) is 0 Å². The summed E-state index contributed by atoms with van der Waals surface area (Å²) in [4.78, 5) is 12.0. The molecule has 4 nitrogen and oxygen atoms in total. The second-order valence-corrected chi connectivity index (χ2v) is 4.29. The van der Waals surface area contributed by atoms with Crippen LogP contribution in [0.5, 0.6) is 5.75 Å². The van der Waals surface area contributed by atoms with Gasteiger partial charge in [0.1, 0.15) is 5.75 Å². The summed E-state index contributed by atoms with van der Waals surface area (Å²) in [5, 5.41) is 12.2. The van der Waals surface area contributed by atoms with E-state index in [1.54, 1.807) is 19.1 Å². The zero-order chi connectivity index (χ0) is 13.1. The molecule has 0 bridgehead atoms. The van der Waals surface area contributed by atoms with Crippen LogP contribution in [-0.2, 0) is 13.6 Å². The first-order valence-electron chi connectivity index (χ1n) is 5.76. The molecule has 1 heterocycles. The van der Waals surface area contributed by atoms with E-state index < -0.39 is 0 Å². The Kier molecular flexibility index (Phi) is 3.37. The molecule has 0 unspecified atom stereocenters. The molecule has 0 radical (unpaired) electrons. The molecule has 0 aliphatic heterocycles. The van der Waals surface area contributed by atoms with Crippen LogP contribution in [0.2, 0.25) is 0 Å². The number of hydrogen-bond donors (Lipinski definition) is 2. The average molecular weight is 244 g/mol. The Morgan fingerprint density at radius 3 is 2.78 bits per heavy atom. The summed E-state index contributed by atoms with van der Waals surface area (Å²) in [5.41, 5.74) is 2.39. The van der Waals surface area contributed by atoms with E-state index in [-0.39, 0.29) is 11.7 Å². The molecular formula is C14H16N2O2. The maximum Gasteiger partial charge on any atom is 0.251 e. The lowest BCUT2D eigenvalue weighted by atomic mass is 10.1. The normalized spacial score (nSPS) is 10.3. The SMILES string of the molecule is Cc1cc(O)ccc1C(=O)NCc1cccn1C. The molecule has 0 aliphatic carbocycles. The Labute approximate surface area is 106 Å². The molecule has 1 aromatic heterocycles. The minimum atomic E-state index is -0.131. The predicted octanol–water partition coefficient (Wildman–Crippen LogP) is 1.97. The quantitative estimate of drug-likeness (QED) is 0.867. The lowest BCUT2D eigenvalue weighted by Gasteiger charge is -2.08. The second kappa shape index (κ2) is 4.96. The highest BCUT2D eigenvalue weighted by Gasteiger charge is 2.09. The Morgan fingerprint density at radius 1 is 1.39 bits per heavy atom. The maximum atomic E-state index is 12.0. The Hall–Kier alpha value is -2.23. The topological polar surface area (TPSA) is 54.3 Å². The fourth-order valence-electron chi connectivity index (χ4n) is 1.85. The third-order valence-electron chi connectivity index (χ3n) is 2.94. The van der Waals surface area contributed by atoms with Crippen molar-refractivity contribution in [2.24, 2.45) is 7.05 Å². The summed E-state index contributed by atoms with van der Waals surface area (Å²) in [7, 11) is 1.94. The fraction of sp³-hybridized carbons (Fsp3) is 0.214. The number of rotatable bonds is 3. The van der Waals surface area contributed by atoms with Crippen LogP contribution in [0.1, 0.15) is 21.6 Å². The molecule has 0 spiro atoms. The van der Waals surface area contributed by atoms with Gasteiger partial charge in [-0.2, -0.15) is 0 Å². The van der Waals surface area contributed by atoms with Crippen molar-refractivity contribution in [2.45, 2.75) is 13.5 Å². The Balaban J connectivity index is 2.06. The lowest BCUT2D eigenvalue weighted by molar-refractivity contribution is 0.0949. The van der Waals surface area contributed by atoms with Crippen LogP contribution in [0, 0.1) is 6.92 Å². The molecule has 94 valence electrons. The number of aromatic hydroxyl groups is 1. The summed E-state index contributed by atoms with van der Waals surface area (Å²) >= 11 is 0. The predicted molar refractivity (Wildman–Crippen MR) is 69.4 cm³/mol. The average Bonchev–Trinajstić information content (AvgIpc) is 2.72. The van der Waals surface area contributed by atoms with Crippen molar-refractivity contribution < 1.29 is 9.90 Å². The summed E-state index contributed by atoms with van der Waals surface area (Å²) in [5.74, 6) is 0.0418. The van der Waals surface area contributed by atoms with Gasteiger partial charge in [0.2, 0.25) is 0 Å². The molecule has 18 heavy (non-hydrogen) atoms. The molecule has 1 amide bonds. The smallest absolute Gasteiger partial charge is 0.251 e. The number of amides is 1. The van der Waals surface area contributed by atoms with Gasteiger partial charge in [-0.05, 0) is 42.8 Å². The highest BCUT2D eigenvalue weighted by molar-refractivity contribution is 5.95. The van der Waals surface area contributed by atoms with Gasteiger partial charge in [0.25, 0.3) is 5.91 Å². The minimum Gasteiger partial charge on any atom is -0.508 e. The Bertz CT molecular complexity index is 573. The van der Waals surface area contributed by atoms with Crippen LogP contribution >= 0.6 is 0 Å². The molecule has 0 aliphatic rings. The maximum absolute atomic E-state index is 12.0. The van der Waals surface area contributed by atoms with E-state index in [4.69, 9.17) is 0 Å². The van der Waals surface area contributed by atoms with Crippen LogP contribution in [0.25, 0.3) is 0 Å². The molecular weight excluding hydrogens is 228 g/mol. The molecule has 2 rings (SSSR count). The first kappa shape index (κ1) is 12.2. The Morgan fingerprint density at radius 2 is 2.17 bits per heavy atom. The number of nitrogens with zero attached hydrogens (tertiary/aromatic N) is 1. The van der Waals surface area contributed by atoms with Crippen LogP contribution < -0.4 is 5.32 Å². The van der Waals surface area contributed by atoms with Gasteiger partial charge in [-0.1, -0.05) is 0 Å². The molecule has 0 atom stereocenters. The van der Waals surface area contributed by atoms with Gasteiger partial charge in [0, 0.05) is 24.5 Å². The van der Waals surface area contributed by atoms with Gasteiger partial charge in [-0.3, -0.25) is 4.79 Å². The van der Waals surface area contributed by atoms with Crippen molar-refractivity contribution >= 4 is 5.91 Å². The molecule has 0 saturated heterocycles. The summed E-state index contributed by atoms with van der Waals surface area (Å²) in [6.45, 7) is 2.29. The minimum absolute atomic E-state index is 0.131. The first-order valence-corrected chi connectivity index (χ1v) is 5.76. The number of nitrogens with one attached hydrogen (secondary N) is 1. The fourth-order valence-corrected chi connectivity index (χ4v) is 1.85. The number of hydrogen-bond acceptors (Lipinski definition) is 2. The van der Waals surface area contributed by atoms with Gasteiger partial charge in [-0.25, -0.2) is 0 Å². The molecule has 2 aromatic rings. The number of carbonyl (C=O) groups excluding carboxylic acids is 1. The molecule has 1 aromatic carbocycles. The van der Waals surface area contributed by atoms with Crippen molar-refractivity contribution in [3.05, 3.63) is 53.3 Å². The van der Waals surface area contributed by atoms with Gasteiger partial charge < -0.3 is 15.0 Å². The van der Waals surface area contributed by atoms with Crippen molar-refractivity contribution in [1.82, 2.24) is 9.88 Å². The largest absolute Gasteiger partial charge is 0.508 e. The van der Waals surface area contributed by atoms with Crippen molar-refractivity contribution in [3.63, 3.8) is 0 Å². The standard InChI is InChI=1S/C14H16N2O2/c1-10-8-12(17)5-6-13(10)14(18)15-9-11-4-3-7-16(11)2/h3-8,17H,9H2,1-2H3,(H,15,18). The van der Waals surface area contributed by atoms with Crippen LogP contribution in [0.4, 0.5) is 0 Å². The zero-order valence-electron chi connectivity index (χ0n) is 10.5. The van der Waals surface area contributed by atoms with E-state index in [0.717, 1.165) is 11.3 Å². The van der Waals surface area contributed by atoms with Gasteiger partial charge in [0.05, 0.1) is 6.54 Å². The van der Waals surface area contributed by atoms with E-state index in [1.807, 2.05) is 29.9 Å². The molecule has 2 N–H and O–H groups in total. The van der Waals surface area contributed by atoms with E-state index >= 15 is 0 Å². The lowest BCUT2D eigenvalue weighted by Crippen LogP contribution is -2.24. The van der Waals surface area contributed by atoms with Gasteiger partial charge >= 0.3 is 0 Å². The highest BCUT2D eigenvalue weighted by Crippen LogP contribution is 2.15. The second-order valence-electron chi connectivity index (χ2n) is 4.29. The van der Waals surface area contributed by atoms with Gasteiger partial charge in [0.15, 0.2) is 0 Å². The number of aromatic nitrogens is 1. The number of phenols is 1. The number of benzene rings is 1. The third-order valence-corrected chi connectivity index (χ3v) is 2.94. The number of carbonyl (C=O) groups is 1. The molecule has 0 saturated carbocycles. The summed E-state index contributed by atoms with van der Waals surface area (Å²) < 4.78 is 1.96. The summed E-state index contributed by atoms with van der Waals surface area (Å²) in [6, 6.07) is 8.63. The van der Waals surface area contributed by atoms with E-state index in [2.05, 4.69) is 5.32 Å². The monoisotopic (exact) mass is 244 g/mol. The zero-order valence-corrected chi connectivity index (χ0v) is 10.5. The van der Waals surface area contributed by atoms with Gasteiger partial charge in [-0.15, -0.1) is 0 Å². The molecule has 4 heteroatoms. The highest BCUT2D eigenvalue weighted by atomic mass is 16.3. The third kappa shape index (κ3) is 2.53. The van der Waals surface area contributed by atoms with E-state index in [1.165, 1.54) is 6.07 Å². The summed E-state index contributed by atoms with van der Waals surface area (Å²) in [6.07, 6.45) is 1.94.